The van der Waals surface area contributed by atoms with Crippen LogP contribution in [0.15, 0.2) is 48.5 Å². The van der Waals surface area contributed by atoms with Crippen LogP contribution in [-0.2, 0) is 24.2 Å². The summed E-state index contributed by atoms with van der Waals surface area (Å²) in [5.74, 6) is -0.226. The van der Waals surface area contributed by atoms with Gasteiger partial charge in [-0.25, -0.2) is 0 Å². The first-order valence-corrected chi connectivity index (χ1v) is 7.74. The number of carboxylic acid groups (broad SMARTS) is 1. The number of nitrogens with one attached hydrogen (secondary N) is 1. The van der Waals surface area contributed by atoms with Crippen molar-refractivity contribution in [2.75, 3.05) is 0 Å². The van der Waals surface area contributed by atoms with Crippen LogP contribution in [0.4, 0.5) is 0 Å². The lowest BCUT2D eigenvalue weighted by Crippen LogP contribution is -2.13. The molecule has 1 atom stereocenters. The lowest BCUT2D eigenvalue weighted by Gasteiger charge is -2.07. The number of aromatic amines is 1. The maximum absolute atomic E-state index is 11.2. The zero-order chi connectivity index (χ0) is 15.8. The third kappa shape index (κ3) is 2.57. The van der Waals surface area contributed by atoms with E-state index in [1.165, 1.54) is 0 Å². The zero-order valence-electron chi connectivity index (χ0n) is 12.6. The molecule has 4 rings (SSSR count). The van der Waals surface area contributed by atoms with Gasteiger partial charge in [0.05, 0.1) is 5.92 Å². The first-order valence-electron chi connectivity index (χ1n) is 7.74. The third-order valence-electron chi connectivity index (χ3n) is 4.46. The number of hydrogen-bond donors (Lipinski definition) is 2. The Morgan fingerprint density at radius 1 is 1.17 bits per heavy atom. The minimum atomic E-state index is -0.723. The van der Waals surface area contributed by atoms with Crippen molar-refractivity contribution in [3.8, 4) is 5.75 Å². The number of ether oxygens (including phenoxy) is 1. The van der Waals surface area contributed by atoms with Crippen LogP contribution in [0.3, 0.4) is 0 Å². The van der Waals surface area contributed by atoms with Gasteiger partial charge in [0.15, 0.2) is 0 Å². The fourth-order valence-electron chi connectivity index (χ4n) is 3.26. The van der Waals surface area contributed by atoms with Gasteiger partial charge in [-0.05, 0) is 35.7 Å². The van der Waals surface area contributed by atoms with E-state index in [1.54, 1.807) is 0 Å². The van der Waals surface area contributed by atoms with E-state index in [2.05, 4.69) is 4.98 Å². The van der Waals surface area contributed by atoms with Gasteiger partial charge in [0.2, 0.25) is 0 Å². The molecule has 1 aliphatic rings. The topological polar surface area (TPSA) is 62.3 Å². The molecular weight excluding hydrogens is 290 g/mol. The Kier molecular flexibility index (Phi) is 3.30. The predicted octanol–water partition coefficient (Wildman–Crippen LogP) is 3.55. The largest absolute Gasteiger partial charge is 0.489 e. The summed E-state index contributed by atoms with van der Waals surface area (Å²) < 4.78 is 5.87. The number of carbonyl (C=O) groups is 1. The van der Waals surface area contributed by atoms with Crippen molar-refractivity contribution in [1.29, 1.82) is 0 Å². The molecule has 0 fully saturated rings. The molecule has 2 N–H and O–H groups in total. The number of rotatable bonds is 4. The molecule has 0 aliphatic heterocycles. The number of H-pyrrole nitrogens is 1. The van der Waals surface area contributed by atoms with Crippen molar-refractivity contribution < 1.29 is 14.6 Å². The van der Waals surface area contributed by atoms with Crippen molar-refractivity contribution >= 4 is 16.9 Å². The van der Waals surface area contributed by atoms with Crippen LogP contribution >= 0.6 is 0 Å². The van der Waals surface area contributed by atoms with Crippen molar-refractivity contribution in [3.05, 3.63) is 65.4 Å². The Morgan fingerprint density at radius 3 is 2.78 bits per heavy atom. The van der Waals surface area contributed by atoms with E-state index in [4.69, 9.17) is 4.74 Å². The second-order valence-corrected chi connectivity index (χ2v) is 6.01. The Bertz CT molecular complexity index is 867. The number of carboxylic acids is 1. The van der Waals surface area contributed by atoms with E-state index in [9.17, 15) is 9.90 Å². The molecule has 1 aliphatic carbocycles. The molecule has 0 amide bonds. The number of aliphatic carboxylic acids is 1. The number of benzene rings is 2. The van der Waals surface area contributed by atoms with Crippen LogP contribution in [0.5, 0.6) is 5.75 Å². The standard InChI is InChI=1S/C19H17NO3/c21-19(22)13-8-15-16-10-14(6-7-17(16)20-18(15)9-13)23-11-12-4-2-1-3-5-12/h1-7,10,13,20H,8-9,11H2,(H,21,22). The summed E-state index contributed by atoms with van der Waals surface area (Å²) in [7, 11) is 0. The van der Waals surface area contributed by atoms with E-state index in [0.717, 1.165) is 33.5 Å². The summed E-state index contributed by atoms with van der Waals surface area (Å²) in [6.45, 7) is 0.525. The summed E-state index contributed by atoms with van der Waals surface area (Å²) in [6, 6.07) is 16.0. The smallest absolute Gasteiger partial charge is 0.307 e. The van der Waals surface area contributed by atoms with Crippen LogP contribution in [0, 0.1) is 5.92 Å². The third-order valence-corrected chi connectivity index (χ3v) is 4.46. The van der Waals surface area contributed by atoms with E-state index in [-0.39, 0.29) is 5.92 Å². The quantitative estimate of drug-likeness (QED) is 0.775. The maximum Gasteiger partial charge on any atom is 0.307 e. The van der Waals surface area contributed by atoms with Crippen molar-refractivity contribution in [2.45, 2.75) is 19.4 Å². The molecule has 0 saturated heterocycles. The highest BCUT2D eigenvalue weighted by Crippen LogP contribution is 2.35. The fraction of sp³-hybridized carbons (Fsp3) is 0.211. The average molecular weight is 307 g/mol. The maximum atomic E-state index is 11.2. The summed E-state index contributed by atoms with van der Waals surface area (Å²) in [5, 5.41) is 10.3. The van der Waals surface area contributed by atoms with Crippen LogP contribution in [0.1, 0.15) is 16.8 Å². The Balaban J connectivity index is 1.59. The van der Waals surface area contributed by atoms with Gasteiger partial charge in [0, 0.05) is 23.0 Å². The zero-order valence-corrected chi connectivity index (χ0v) is 12.6. The van der Waals surface area contributed by atoms with Gasteiger partial charge in [0.25, 0.3) is 0 Å². The Morgan fingerprint density at radius 2 is 2.00 bits per heavy atom. The molecule has 4 heteroatoms. The van der Waals surface area contributed by atoms with Crippen LogP contribution in [-0.4, -0.2) is 16.1 Å². The number of fused-ring (bicyclic) bond motifs is 3. The minimum absolute atomic E-state index is 0.311. The predicted molar refractivity (Wildman–Crippen MR) is 87.6 cm³/mol. The minimum Gasteiger partial charge on any atom is -0.489 e. The highest BCUT2D eigenvalue weighted by atomic mass is 16.5. The second kappa shape index (κ2) is 5.47. The molecule has 23 heavy (non-hydrogen) atoms. The highest BCUT2D eigenvalue weighted by Gasteiger charge is 2.30. The molecule has 3 aromatic rings. The van der Waals surface area contributed by atoms with Gasteiger partial charge in [-0.3, -0.25) is 4.79 Å². The molecule has 1 unspecified atom stereocenters. The molecule has 2 aromatic carbocycles. The molecule has 0 spiro atoms. The van der Waals surface area contributed by atoms with E-state index >= 15 is 0 Å². The van der Waals surface area contributed by atoms with E-state index in [0.29, 0.717) is 19.4 Å². The summed E-state index contributed by atoms with van der Waals surface area (Å²) in [6.07, 6.45) is 1.17. The molecule has 4 nitrogen and oxygen atoms in total. The lowest BCUT2D eigenvalue weighted by molar-refractivity contribution is -0.141. The van der Waals surface area contributed by atoms with Crippen molar-refractivity contribution in [1.82, 2.24) is 4.98 Å². The van der Waals surface area contributed by atoms with Crippen molar-refractivity contribution in [3.63, 3.8) is 0 Å². The van der Waals surface area contributed by atoms with Gasteiger partial charge in [0.1, 0.15) is 12.4 Å². The van der Waals surface area contributed by atoms with E-state index < -0.39 is 5.97 Å². The normalized spacial score (nSPS) is 16.4. The van der Waals surface area contributed by atoms with Gasteiger partial charge in [-0.1, -0.05) is 30.3 Å². The monoisotopic (exact) mass is 307 g/mol. The van der Waals surface area contributed by atoms with Gasteiger partial charge >= 0.3 is 5.97 Å². The summed E-state index contributed by atoms with van der Waals surface area (Å²) in [4.78, 5) is 14.5. The van der Waals surface area contributed by atoms with Crippen molar-refractivity contribution in [2.24, 2.45) is 5.92 Å². The Labute approximate surface area is 133 Å². The first kappa shape index (κ1) is 13.9. The first-order chi connectivity index (χ1) is 11.2. The van der Waals surface area contributed by atoms with E-state index in [1.807, 2.05) is 48.5 Å². The van der Waals surface area contributed by atoms with Crippen LogP contribution in [0.2, 0.25) is 0 Å². The molecule has 0 radical (unpaired) electrons. The summed E-state index contributed by atoms with van der Waals surface area (Å²) >= 11 is 0. The van der Waals surface area contributed by atoms with Gasteiger partial charge in [-0.15, -0.1) is 0 Å². The number of aromatic nitrogens is 1. The SMILES string of the molecule is O=C(O)C1Cc2[nH]c3ccc(OCc4ccccc4)cc3c2C1. The molecule has 0 saturated carbocycles. The summed E-state index contributed by atoms with van der Waals surface area (Å²) in [5.41, 5.74) is 4.34. The van der Waals surface area contributed by atoms with Gasteiger partial charge < -0.3 is 14.8 Å². The molecule has 116 valence electrons. The molecular formula is C19H17NO3. The molecule has 1 heterocycles. The average Bonchev–Trinajstić information content (AvgIpc) is 3.12. The molecule has 0 bridgehead atoms. The molecule has 1 aromatic heterocycles. The lowest BCUT2D eigenvalue weighted by atomic mass is 10.1. The second-order valence-electron chi connectivity index (χ2n) is 6.01. The number of hydrogen-bond acceptors (Lipinski definition) is 2. The van der Waals surface area contributed by atoms with Crippen LogP contribution < -0.4 is 4.74 Å². The highest BCUT2D eigenvalue weighted by molar-refractivity contribution is 5.88. The fourth-order valence-corrected chi connectivity index (χ4v) is 3.26. The van der Waals surface area contributed by atoms with Crippen LogP contribution in [0.25, 0.3) is 10.9 Å². The van der Waals surface area contributed by atoms with Gasteiger partial charge in [-0.2, -0.15) is 0 Å². The Hall–Kier alpha value is -2.75.